The first-order valence-electron chi connectivity index (χ1n) is 6.61. The lowest BCUT2D eigenvalue weighted by molar-refractivity contribution is -0.142. The summed E-state index contributed by atoms with van der Waals surface area (Å²) in [5.41, 5.74) is 0.789. The monoisotopic (exact) mass is 305 g/mol. The maximum atomic E-state index is 12.0. The summed E-state index contributed by atoms with van der Waals surface area (Å²) < 4.78 is 14.5. The summed E-state index contributed by atoms with van der Waals surface area (Å²) in [6.07, 6.45) is 0. The number of rotatable bonds is 4. The first kappa shape index (κ1) is 17.5. The molecule has 0 bridgehead atoms. The Morgan fingerprint density at radius 1 is 1.18 bits per heavy atom. The highest BCUT2D eigenvalue weighted by Crippen LogP contribution is 2.32. The minimum Gasteiger partial charge on any atom is -0.480 e. The molecule has 1 aromatic rings. The number of benzene rings is 1. The highest BCUT2D eigenvalue weighted by atomic mass is 16.6. The van der Waals surface area contributed by atoms with Gasteiger partial charge in [-0.2, -0.15) is 5.26 Å². The minimum absolute atomic E-state index is 0.0211. The second-order valence-corrected chi connectivity index (χ2v) is 5.62. The van der Waals surface area contributed by atoms with Gasteiger partial charge in [0.2, 0.25) is 0 Å². The van der Waals surface area contributed by atoms with E-state index in [4.69, 9.17) is 9.47 Å². The minimum atomic E-state index is -0.637. The molecule has 0 unspecified atom stereocenters. The zero-order valence-electron chi connectivity index (χ0n) is 13.4. The zero-order valence-corrected chi connectivity index (χ0v) is 13.4. The van der Waals surface area contributed by atoms with E-state index in [1.165, 1.54) is 14.2 Å². The first-order chi connectivity index (χ1) is 10.2. The van der Waals surface area contributed by atoms with E-state index in [1.54, 1.807) is 12.1 Å². The molecule has 6 heteroatoms. The molecule has 1 rings (SSSR count). The zero-order chi connectivity index (χ0) is 16.9. The number of ether oxygens (including phenoxy) is 3. The molecule has 0 amide bonds. The number of methoxy groups -OCH3 is 2. The maximum absolute atomic E-state index is 12.0. The third-order valence-electron chi connectivity index (χ3n) is 3.04. The largest absolute Gasteiger partial charge is 0.480 e. The molecule has 0 saturated carbocycles. The highest BCUT2D eigenvalue weighted by Gasteiger charge is 2.24. The lowest BCUT2D eigenvalue weighted by Crippen LogP contribution is -2.18. The molecule has 0 spiro atoms. The van der Waals surface area contributed by atoms with E-state index in [1.807, 2.05) is 26.8 Å². The van der Waals surface area contributed by atoms with E-state index in [0.717, 1.165) is 5.56 Å². The number of carbonyl (C=O) groups is 2. The smallest absolute Gasteiger partial charge is 0.343 e. The van der Waals surface area contributed by atoms with Crippen LogP contribution in [0.25, 0.3) is 0 Å². The van der Waals surface area contributed by atoms with E-state index < -0.39 is 18.5 Å². The number of hydrogen-bond acceptors (Lipinski definition) is 6. The third-order valence-corrected chi connectivity index (χ3v) is 3.04. The Morgan fingerprint density at radius 3 is 2.27 bits per heavy atom. The summed E-state index contributed by atoms with van der Waals surface area (Å²) in [5.74, 6) is -1.23. The molecule has 0 aromatic heterocycles. The van der Waals surface area contributed by atoms with E-state index in [9.17, 15) is 14.9 Å². The number of esters is 2. The van der Waals surface area contributed by atoms with Gasteiger partial charge in [-0.1, -0.05) is 20.8 Å². The Morgan fingerprint density at radius 2 is 1.82 bits per heavy atom. The Kier molecular flexibility index (Phi) is 5.52. The van der Waals surface area contributed by atoms with Crippen molar-refractivity contribution in [3.63, 3.8) is 0 Å². The maximum Gasteiger partial charge on any atom is 0.343 e. The van der Waals surface area contributed by atoms with E-state index in [0.29, 0.717) is 0 Å². The van der Waals surface area contributed by atoms with Crippen LogP contribution >= 0.6 is 0 Å². The fourth-order valence-corrected chi connectivity index (χ4v) is 1.75. The Bertz CT molecular complexity index is 623. The molecule has 0 fully saturated rings. The van der Waals surface area contributed by atoms with Crippen LogP contribution in [0.3, 0.4) is 0 Å². The van der Waals surface area contributed by atoms with Gasteiger partial charge in [0, 0.05) is 0 Å². The number of hydrogen-bond donors (Lipinski definition) is 0. The first-order valence-corrected chi connectivity index (χ1v) is 6.61. The molecule has 0 aliphatic heterocycles. The van der Waals surface area contributed by atoms with Crippen LogP contribution in [0.4, 0.5) is 0 Å². The summed E-state index contributed by atoms with van der Waals surface area (Å²) in [7, 11) is 2.46. The molecular weight excluding hydrogens is 286 g/mol. The van der Waals surface area contributed by atoms with Crippen molar-refractivity contribution in [2.75, 3.05) is 20.8 Å². The lowest BCUT2D eigenvalue weighted by atomic mass is 9.85. The van der Waals surface area contributed by atoms with Crippen LogP contribution in [0.5, 0.6) is 5.75 Å². The van der Waals surface area contributed by atoms with Gasteiger partial charge < -0.3 is 14.2 Å². The molecule has 0 atom stereocenters. The van der Waals surface area contributed by atoms with Gasteiger partial charge in [0.25, 0.3) is 0 Å². The van der Waals surface area contributed by atoms with Gasteiger partial charge in [-0.3, -0.25) is 0 Å². The van der Waals surface area contributed by atoms with E-state index in [-0.39, 0.29) is 22.3 Å². The summed E-state index contributed by atoms with van der Waals surface area (Å²) >= 11 is 0. The van der Waals surface area contributed by atoms with Crippen molar-refractivity contribution >= 4 is 11.9 Å². The number of nitrogens with zero attached hydrogens (tertiary/aromatic N) is 1. The van der Waals surface area contributed by atoms with Gasteiger partial charge >= 0.3 is 11.9 Å². The van der Waals surface area contributed by atoms with Gasteiger partial charge in [-0.25, -0.2) is 9.59 Å². The van der Waals surface area contributed by atoms with Crippen LogP contribution in [-0.4, -0.2) is 32.8 Å². The van der Waals surface area contributed by atoms with Crippen LogP contribution in [0, 0.1) is 11.3 Å². The molecule has 0 heterocycles. The molecule has 0 radical (unpaired) electrons. The van der Waals surface area contributed by atoms with Crippen molar-refractivity contribution in [2.24, 2.45) is 0 Å². The third kappa shape index (κ3) is 3.98. The average Bonchev–Trinajstić information content (AvgIpc) is 2.49. The molecule has 0 aliphatic rings. The quantitative estimate of drug-likeness (QED) is 0.793. The predicted molar refractivity (Wildman–Crippen MR) is 78.7 cm³/mol. The highest BCUT2D eigenvalue weighted by molar-refractivity contribution is 5.94. The van der Waals surface area contributed by atoms with Crippen LogP contribution in [0.1, 0.15) is 42.3 Å². The molecule has 0 N–H and O–H groups in total. The number of carbonyl (C=O) groups excluding carboxylic acids is 2. The lowest BCUT2D eigenvalue weighted by Gasteiger charge is -2.21. The van der Waals surface area contributed by atoms with Crippen molar-refractivity contribution in [2.45, 2.75) is 26.2 Å². The topological polar surface area (TPSA) is 85.6 Å². The van der Waals surface area contributed by atoms with Crippen LogP contribution < -0.4 is 4.74 Å². The van der Waals surface area contributed by atoms with Crippen LogP contribution in [0.2, 0.25) is 0 Å². The van der Waals surface area contributed by atoms with Gasteiger partial charge in [-0.05, 0) is 23.1 Å². The van der Waals surface area contributed by atoms with Crippen molar-refractivity contribution in [3.8, 4) is 11.8 Å². The standard InChI is InChI=1S/C16H19NO5/c1-16(2,3)11-6-10(8-17)14(22-9-13(18)20-4)12(7-11)15(19)21-5/h6-7H,9H2,1-5H3. The summed E-state index contributed by atoms with van der Waals surface area (Å²) in [6, 6.07) is 5.23. The fourth-order valence-electron chi connectivity index (χ4n) is 1.75. The van der Waals surface area contributed by atoms with Gasteiger partial charge in [0.05, 0.1) is 19.8 Å². The number of nitriles is 1. The van der Waals surface area contributed by atoms with E-state index >= 15 is 0 Å². The van der Waals surface area contributed by atoms with Gasteiger partial charge in [-0.15, -0.1) is 0 Å². The van der Waals surface area contributed by atoms with Crippen molar-refractivity contribution in [3.05, 3.63) is 28.8 Å². The SMILES string of the molecule is COC(=O)COc1c(C#N)cc(C(C)(C)C)cc1C(=O)OC. The molecule has 0 saturated heterocycles. The molecule has 22 heavy (non-hydrogen) atoms. The summed E-state index contributed by atoms with van der Waals surface area (Å²) in [5, 5.41) is 9.31. The fraction of sp³-hybridized carbons (Fsp3) is 0.438. The second kappa shape index (κ2) is 6.94. The molecule has 1 aromatic carbocycles. The Hall–Kier alpha value is -2.55. The molecule has 6 nitrogen and oxygen atoms in total. The van der Waals surface area contributed by atoms with Crippen molar-refractivity contribution < 1.29 is 23.8 Å². The normalized spacial score (nSPS) is 10.5. The van der Waals surface area contributed by atoms with Crippen molar-refractivity contribution in [1.29, 1.82) is 5.26 Å². The van der Waals surface area contributed by atoms with E-state index in [2.05, 4.69) is 4.74 Å². The van der Waals surface area contributed by atoms with Crippen LogP contribution in [0.15, 0.2) is 12.1 Å². The Labute approximate surface area is 129 Å². The average molecular weight is 305 g/mol. The van der Waals surface area contributed by atoms with Crippen LogP contribution in [-0.2, 0) is 19.7 Å². The Balaban J connectivity index is 3.42. The van der Waals surface area contributed by atoms with Gasteiger partial charge in [0.1, 0.15) is 11.6 Å². The summed E-state index contributed by atoms with van der Waals surface area (Å²) in [6.45, 7) is 5.47. The predicted octanol–water partition coefficient (Wildman–Crippen LogP) is 2.19. The molecule has 118 valence electrons. The second-order valence-electron chi connectivity index (χ2n) is 5.62. The van der Waals surface area contributed by atoms with Crippen molar-refractivity contribution in [1.82, 2.24) is 0 Å². The molecule has 0 aliphatic carbocycles. The summed E-state index contributed by atoms with van der Waals surface area (Å²) in [4.78, 5) is 23.2. The van der Waals surface area contributed by atoms with Gasteiger partial charge in [0.15, 0.2) is 12.4 Å². The molecular formula is C16H19NO5.